The van der Waals surface area contributed by atoms with Crippen molar-refractivity contribution in [1.82, 2.24) is 9.78 Å². The molecule has 0 saturated heterocycles. The molecule has 2 rings (SSSR count). The Bertz CT molecular complexity index is 695. The highest BCUT2D eigenvalue weighted by Crippen LogP contribution is 2.17. The van der Waals surface area contributed by atoms with Crippen molar-refractivity contribution in [1.29, 1.82) is 0 Å². The maximum Gasteiger partial charge on any atom is 0.330 e. The van der Waals surface area contributed by atoms with E-state index in [4.69, 9.17) is 0 Å². The first-order valence-electron chi connectivity index (χ1n) is 6.50. The molecule has 5 nitrogen and oxygen atoms in total. The molecule has 0 aliphatic carbocycles. The Morgan fingerprint density at radius 2 is 1.95 bits per heavy atom. The zero-order valence-electron chi connectivity index (χ0n) is 11.7. The Morgan fingerprint density at radius 1 is 1.29 bits per heavy atom. The fraction of sp³-hybridized carbons (Fsp3) is 0.267. The molecule has 2 aromatic rings. The molecule has 0 bridgehead atoms. The van der Waals surface area contributed by atoms with Crippen LogP contribution in [0.25, 0.3) is 11.3 Å². The first-order chi connectivity index (χ1) is 10.1. The van der Waals surface area contributed by atoms with E-state index in [1.807, 2.05) is 0 Å². The van der Waals surface area contributed by atoms with Crippen LogP contribution in [0.4, 0.5) is 4.39 Å². The van der Waals surface area contributed by atoms with Crippen molar-refractivity contribution >= 4 is 5.97 Å². The van der Waals surface area contributed by atoms with E-state index in [0.717, 1.165) is 4.68 Å². The number of esters is 1. The Hall–Kier alpha value is -2.50. The van der Waals surface area contributed by atoms with Crippen LogP contribution >= 0.6 is 0 Å². The lowest BCUT2D eigenvalue weighted by Gasteiger charge is -2.15. The normalized spacial score (nSPS) is 12.0. The van der Waals surface area contributed by atoms with Gasteiger partial charge in [-0.2, -0.15) is 5.10 Å². The summed E-state index contributed by atoms with van der Waals surface area (Å²) in [5, 5.41) is 4.19. The van der Waals surface area contributed by atoms with Crippen LogP contribution in [0.5, 0.6) is 0 Å². The van der Waals surface area contributed by atoms with Gasteiger partial charge in [0.2, 0.25) is 0 Å². The molecule has 110 valence electrons. The van der Waals surface area contributed by atoms with E-state index in [2.05, 4.69) is 9.84 Å². The summed E-state index contributed by atoms with van der Waals surface area (Å²) in [5.41, 5.74) is 0.750. The molecule has 0 spiro atoms. The molecule has 1 aromatic heterocycles. The molecule has 0 aliphatic heterocycles. The predicted molar refractivity (Wildman–Crippen MR) is 75.2 cm³/mol. The van der Waals surface area contributed by atoms with E-state index in [1.54, 1.807) is 19.1 Å². The van der Waals surface area contributed by atoms with Crippen LogP contribution in [0.1, 0.15) is 19.4 Å². The van der Waals surface area contributed by atoms with Gasteiger partial charge in [-0.05, 0) is 36.8 Å². The number of hydrogen-bond donors (Lipinski definition) is 0. The van der Waals surface area contributed by atoms with E-state index in [0.29, 0.717) is 17.7 Å². The molecule has 1 heterocycles. The van der Waals surface area contributed by atoms with Crippen LogP contribution in [0.15, 0.2) is 41.2 Å². The Balaban J connectivity index is 2.48. The first-order valence-corrected chi connectivity index (χ1v) is 6.50. The molecule has 1 aromatic carbocycles. The number of carbonyl (C=O) groups excluding carboxylic acids is 1. The number of rotatable bonds is 4. The summed E-state index contributed by atoms with van der Waals surface area (Å²) in [6, 6.07) is 7.83. The fourth-order valence-corrected chi connectivity index (χ4v) is 2.00. The summed E-state index contributed by atoms with van der Waals surface area (Å²) in [5.74, 6) is -0.878. The molecule has 6 heteroatoms. The summed E-state index contributed by atoms with van der Waals surface area (Å²) >= 11 is 0. The van der Waals surface area contributed by atoms with Crippen molar-refractivity contribution in [3.8, 4) is 11.3 Å². The standard InChI is InChI=1S/C15H15FN2O3/c1-3-13(15(20)21-2)18-14(19)9-8-12(17-18)10-4-6-11(16)7-5-10/h4-9,13H,3H2,1-2H3/t13-/m1/s1. The minimum atomic E-state index is -0.775. The van der Waals surface area contributed by atoms with Gasteiger partial charge in [-0.25, -0.2) is 13.9 Å². The van der Waals surface area contributed by atoms with Gasteiger partial charge in [-0.1, -0.05) is 6.92 Å². The minimum Gasteiger partial charge on any atom is -0.467 e. The average molecular weight is 290 g/mol. The lowest BCUT2D eigenvalue weighted by Crippen LogP contribution is -2.32. The highest BCUT2D eigenvalue weighted by molar-refractivity contribution is 5.73. The maximum atomic E-state index is 12.9. The van der Waals surface area contributed by atoms with E-state index >= 15 is 0 Å². The number of ether oxygens (including phenoxy) is 1. The Labute approximate surface area is 121 Å². The fourth-order valence-electron chi connectivity index (χ4n) is 2.00. The second kappa shape index (κ2) is 6.30. The highest BCUT2D eigenvalue weighted by atomic mass is 19.1. The van der Waals surface area contributed by atoms with Crippen molar-refractivity contribution in [2.75, 3.05) is 7.11 Å². The summed E-state index contributed by atoms with van der Waals surface area (Å²) in [6.07, 6.45) is 0.381. The Kier molecular flexibility index (Phi) is 4.47. The number of hydrogen-bond acceptors (Lipinski definition) is 4. The number of aromatic nitrogens is 2. The molecule has 21 heavy (non-hydrogen) atoms. The quantitative estimate of drug-likeness (QED) is 0.810. The van der Waals surface area contributed by atoms with E-state index < -0.39 is 17.6 Å². The average Bonchev–Trinajstić information content (AvgIpc) is 2.50. The zero-order chi connectivity index (χ0) is 15.4. The van der Waals surface area contributed by atoms with E-state index in [9.17, 15) is 14.0 Å². The van der Waals surface area contributed by atoms with Gasteiger partial charge in [-0.15, -0.1) is 0 Å². The topological polar surface area (TPSA) is 61.2 Å². The largest absolute Gasteiger partial charge is 0.467 e. The molecule has 1 atom stereocenters. The van der Waals surface area contributed by atoms with E-state index in [-0.39, 0.29) is 5.82 Å². The summed E-state index contributed by atoms with van der Waals surface area (Å²) in [6.45, 7) is 1.76. The highest BCUT2D eigenvalue weighted by Gasteiger charge is 2.21. The van der Waals surface area contributed by atoms with Crippen molar-refractivity contribution < 1.29 is 13.9 Å². The van der Waals surface area contributed by atoms with E-state index in [1.165, 1.54) is 31.4 Å². The van der Waals surface area contributed by atoms with Crippen LogP contribution in [0.3, 0.4) is 0 Å². The predicted octanol–water partition coefficient (Wildman–Crippen LogP) is 2.17. The SMILES string of the molecule is CC[C@H](C(=O)OC)n1nc(-c2ccc(F)cc2)ccc1=O. The van der Waals surface area contributed by atoms with Crippen LogP contribution in [0, 0.1) is 5.82 Å². The molecule has 0 unspecified atom stereocenters. The molecule has 0 fully saturated rings. The molecular formula is C15H15FN2O3. The van der Waals surface area contributed by atoms with Gasteiger partial charge in [0, 0.05) is 11.6 Å². The third-order valence-electron chi connectivity index (χ3n) is 3.12. The minimum absolute atomic E-state index is 0.354. The monoisotopic (exact) mass is 290 g/mol. The van der Waals surface area contributed by atoms with Gasteiger partial charge in [0.05, 0.1) is 12.8 Å². The van der Waals surface area contributed by atoms with Crippen molar-refractivity contribution in [2.24, 2.45) is 0 Å². The number of nitrogens with zero attached hydrogens (tertiary/aromatic N) is 2. The third-order valence-corrected chi connectivity index (χ3v) is 3.12. The molecule has 0 aliphatic rings. The number of halogens is 1. The van der Waals surface area contributed by atoms with Crippen LogP contribution in [-0.4, -0.2) is 22.9 Å². The molecule has 0 N–H and O–H groups in total. The van der Waals surface area contributed by atoms with Crippen LogP contribution in [0.2, 0.25) is 0 Å². The van der Waals surface area contributed by atoms with Gasteiger partial charge >= 0.3 is 5.97 Å². The van der Waals surface area contributed by atoms with Gasteiger partial charge in [0.25, 0.3) is 5.56 Å². The van der Waals surface area contributed by atoms with Crippen LogP contribution in [-0.2, 0) is 9.53 Å². The smallest absolute Gasteiger partial charge is 0.330 e. The molecule has 0 radical (unpaired) electrons. The third kappa shape index (κ3) is 3.16. The summed E-state index contributed by atoms with van der Waals surface area (Å²) in [4.78, 5) is 23.6. The molecule has 0 saturated carbocycles. The number of methoxy groups -OCH3 is 1. The van der Waals surface area contributed by atoms with Gasteiger partial charge in [0.15, 0.2) is 6.04 Å². The lowest BCUT2D eigenvalue weighted by atomic mass is 10.1. The van der Waals surface area contributed by atoms with Gasteiger partial charge in [-0.3, -0.25) is 4.79 Å². The second-order valence-electron chi connectivity index (χ2n) is 4.46. The Morgan fingerprint density at radius 3 is 2.52 bits per heavy atom. The van der Waals surface area contributed by atoms with Gasteiger partial charge in [0.1, 0.15) is 5.82 Å². The molecular weight excluding hydrogens is 275 g/mol. The van der Waals surface area contributed by atoms with Crippen LogP contribution < -0.4 is 5.56 Å². The molecule has 0 amide bonds. The van der Waals surface area contributed by atoms with Gasteiger partial charge < -0.3 is 4.74 Å². The second-order valence-corrected chi connectivity index (χ2v) is 4.46. The summed E-state index contributed by atoms with van der Waals surface area (Å²) in [7, 11) is 1.26. The summed E-state index contributed by atoms with van der Waals surface area (Å²) < 4.78 is 18.7. The first kappa shape index (κ1) is 14.9. The number of benzene rings is 1. The van der Waals surface area contributed by atoms with Crippen molar-refractivity contribution in [2.45, 2.75) is 19.4 Å². The zero-order valence-corrected chi connectivity index (χ0v) is 11.7. The lowest BCUT2D eigenvalue weighted by molar-refractivity contribution is -0.145. The maximum absolute atomic E-state index is 12.9. The van der Waals surface area contributed by atoms with Crippen molar-refractivity contribution in [3.63, 3.8) is 0 Å². The van der Waals surface area contributed by atoms with Crippen molar-refractivity contribution in [3.05, 3.63) is 52.6 Å². The number of carbonyl (C=O) groups is 1.